The van der Waals surface area contributed by atoms with Crippen LogP contribution in [0.2, 0.25) is 0 Å². The number of rotatable bonds is 6. The average Bonchev–Trinajstić information content (AvgIpc) is 2.79. The van der Waals surface area contributed by atoms with Crippen LogP contribution in [0.25, 0.3) is 0 Å². The van der Waals surface area contributed by atoms with Crippen molar-refractivity contribution in [3.8, 4) is 0 Å². The molecular formula is C18H25N5O4. The average molecular weight is 375 g/mol. The molecule has 1 saturated heterocycles. The van der Waals surface area contributed by atoms with E-state index in [1.54, 1.807) is 37.2 Å². The third kappa shape index (κ3) is 5.58. The number of Topliss-reactive ketones (excluding diaryl/α,β-unsaturated/α-hetero) is 1. The molecular weight excluding hydrogens is 350 g/mol. The normalized spacial score (nSPS) is 19.3. The van der Waals surface area contributed by atoms with E-state index in [0.717, 1.165) is 0 Å². The predicted octanol–water partition coefficient (Wildman–Crippen LogP) is -0.270. The topological polar surface area (TPSA) is 126 Å². The third-order valence-electron chi connectivity index (χ3n) is 4.59. The number of nitrogens with one attached hydrogen (secondary N) is 1. The van der Waals surface area contributed by atoms with E-state index in [1.165, 1.54) is 11.2 Å². The number of nitrogens with two attached hydrogens (primary N) is 1. The van der Waals surface area contributed by atoms with Gasteiger partial charge in [-0.3, -0.25) is 29.2 Å². The molecule has 3 amide bonds. The van der Waals surface area contributed by atoms with E-state index in [9.17, 15) is 19.2 Å². The first-order valence-corrected chi connectivity index (χ1v) is 8.85. The number of hydrogen-bond acceptors (Lipinski definition) is 6. The second-order valence-electron chi connectivity index (χ2n) is 6.68. The fourth-order valence-corrected chi connectivity index (χ4v) is 2.73. The molecule has 0 radical (unpaired) electrons. The van der Waals surface area contributed by atoms with Crippen molar-refractivity contribution in [1.82, 2.24) is 20.3 Å². The number of pyridine rings is 1. The summed E-state index contributed by atoms with van der Waals surface area (Å²) < 4.78 is 0. The van der Waals surface area contributed by atoms with E-state index >= 15 is 0 Å². The number of amides is 3. The number of aromatic nitrogens is 1. The van der Waals surface area contributed by atoms with Crippen LogP contribution in [0.4, 0.5) is 0 Å². The fraction of sp³-hybridized carbons (Fsp3) is 0.500. The highest BCUT2D eigenvalue weighted by molar-refractivity contribution is 5.97. The molecule has 1 fully saturated rings. The zero-order valence-corrected chi connectivity index (χ0v) is 15.6. The maximum Gasteiger partial charge on any atom is 0.287 e. The standard InChI is InChI=1S/C18H25N5O4/c1-12(17(19)26)6-7-16(25)21-13-8-10-22(2)23(11-15(13)24)18(27)14-5-3-4-9-20-14/h3-5,9,12-13H,6-8,10-11H2,1-2H3,(H2,19,26)(H,21,25)/t12-,13-/m0/s1. The first kappa shape index (κ1) is 20.5. The Morgan fingerprint density at radius 3 is 2.74 bits per heavy atom. The van der Waals surface area contributed by atoms with Crippen molar-refractivity contribution in [2.75, 3.05) is 20.1 Å². The number of hydrazine groups is 1. The molecule has 1 aromatic rings. The summed E-state index contributed by atoms with van der Waals surface area (Å²) in [5.41, 5.74) is 5.43. The largest absolute Gasteiger partial charge is 0.369 e. The molecule has 0 spiro atoms. The highest BCUT2D eigenvalue weighted by Gasteiger charge is 2.32. The lowest BCUT2D eigenvalue weighted by Crippen LogP contribution is -2.47. The van der Waals surface area contributed by atoms with Crippen molar-refractivity contribution >= 4 is 23.5 Å². The van der Waals surface area contributed by atoms with E-state index in [4.69, 9.17) is 5.73 Å². The highest BCUT2D eigenvalue weighted by Crippen LogP contribution is 2.12. The predicted molar refractivity (Wildman–Crippen MR) is 97.1 cm³/mol. The van der Waals surface area contributed by atoms with E-state index in [2.05, 4.69) is 10.3 Å². The van der Waals surface area contributed by atoms with Crippen molar-refractivity contribution in [2.24, 2.45) is 11.7 Å². The smallest absolute Gasteiger partial charge is 0.287 e. The number of nitrogens with zero attached hydrogens (tertiary/aromatic N) is 3. The van der Waals surface area contributed by atoms with Gasteiger partial charge < -0.3 is 11.1 Å². The van der Waals surface area contributed by atoms with Crippen molar-refractivity contribution in [3.05, 3.63) is 30.1 Å². The molecule has 9 nitrogen and oxygen atoms in total. The Balaban J connectivity index is 1.97. The summed E-state index contributed by atoms with van der Waals surface area (Å²) in [6, 6.07) is 4.32. The molecule has 0 bridgehead atoms. The molecule has 2 rings (SSSR count). The van der Waals surface area contributed by atoms with Gasteiger partial charge in [0.05, 0.1) is 12.6 Å². The van der Waals surface area contributed by atoms with Gasteiger partial charge >= 0.3 is 0 Å². The van der Waals surface area contributed by atoms with E-state index in [-0.39, 0.29) is 36.3 Å². The van der Waals surface area contributed by atoms with E-state index in [1.807, 2.05) is 0 Å². The molecule has 2 atom stereocenters. The molecule has 0 unspecified atom stereocenters. The van der Waals surface area contributed by atoms with Gasteiger partial charge in [-0.15, -0.1) is 0 Å². The van der Waals surface area contributed by atoms with Crippen molar-refractivity contribution < 1.29 is 19.2 Å². The molecule has 146 valence electrons. The molecule has 1 aromatic heterocycles. The number of hydrogen-bond donors (Lipinski definition) is 2. The molecule has 3 N–H and O–H groups in total. The van der Waals surface area contributed by atoms with Gasteiger partial charge in [0.2, 0.25) is 11.8 Å². The van der Waals surface area contributed by atoms with Crippen molar-refractivity contribution in [2.45, 2.75) is 32.2 Å². The summed E-state index contributed by atoms with van der Waals surface area (Å²) >= 11 is 0. The lowest BCUT2D eigenvalue weighted by atomic mass is 10.0. The van der Waals surface area contributed by atoms with Gasteiger partial charge in [0.25, 0.3) is 5.91 Å². The van der Waals surface area contributed by atoms with Crippen LogP contribution in [-0.2, 0) is 14.4 Å². The second-order valence-corrected chi connectivity index (χ2v) is 6.68. The number of primary amides is 1. The minimum absolute atomic E-state index is 0.111. The summed E-state index contributed by atoms with van der Waals surface area (Å²) in [4.78, 5) is 52.3. The number of carbonyl (C=O) groups excluding carboxylic acids is 4. The van der Waals surface area contributed by atoms with Crippen LogP contribution in [0, 0.1) is 5.92 Å². The van der Waals surface area contributed by atoms with Crippen LogP contribution in [0.5, 0.6) is 0 Å². The van der Waals surface area contributed by atoms with Gasteiger partial charge in [-0.05, 0) is 25.0 Å². The van der Waals surface area contributed by atoms with Crippen LogP contribution in [0.1, 0.15) is 36.7 Å². The van der Waals surface area contributed by atoms with Crippen LogP contribution in [0.3, 0.4) is 0 Å². The van der Waals surface area contributed by atoms with E-state index < -0.39 is 17.9 Å². The first-order chi connectivity index (χ1) is 12.8. The molecule has 0 aromatic carbocycles. The molecule has 27 heavy (non-hydrogen) atoms. The third-order valence-corrected chi connectivity index (χ3v) is 4.59. The molecule has 1 aliphatic rings. The van der Waals surface area contributed by atoms with Crippen LogP contribution >= 0.6 is 0 Å². The Labute approximate surface area is 157 Å². The lowest BCUT2D eigenvalue weighted by molar-refractivity contribution is -0.128. The summed E-state index contributed by atoms with van der Waals surface area (Å²) in [7, 11) is 1.72. The molecule has 1 aliphatic heterocycles. The summed E-state index contributed by atoms with van der Waals surface area (Å²) in [5, 5.41) is 5.70. The van der Waals surface area contributed by atoms with Gasteiger partial charge in [0, 0.05) is 32.1 Å². The monoisotopic (exact) mass is 375 g/mol. The quantitative estimate of drug-likeness (QED) is 0.705. The maximum atomic E-state index is 12.6. The van der Waals surface area contributed by atoms with E-state index in [0.29, 0.717) is 19.4 Å². The SMILES string of the molecule is C[C@@H](CCC(=O)N[C@H]1CCN(C)N(C(=O)c2ccccn2)CC1=O)C(N)=O. The summed E-state index contributed by atoms with van der Waals surface area (Å²) in [5.74, 6) is -1.79. The Kier molecular flexibility index (Phi) is 7.00. The lowest BCUT2D eigenvalue weighted by Gasteiger charge is -2.28. The van der Waals surface area contributed by atoms with Crippen molar-refractivity contribution in [3.63, 3.8) is 0 Å². The Bertz CT molecular complexity index is 709. The first-order valence-electron chi connectivity index (χ1n) is 8.85. The van der Waals surface area contributed by atoms with Gasteiger partial charge in [0.15, 0.2) is 5.78 Å². The minimum atomic E-state index is -0.676. The number of ketones is 1. The summed E-state index contributed by atoms with van der Waals surface area (Å²) in [6.45, 7) is 1.93. The van der Waals surface area contributed by atoms with Gasteiger partial charge in [0.1, 0.15) is 5.69 Å². The van der Waals surface area contributed by atoms with Crippen molar-refractivity contribution in [1.29, 1.82) is 0 Å². The minimum Gasteiger partial charge on any atom is -0.369 e. The van der Waals surface area contributed by atoms with Crippen LogP contribution in [0.15, 0.2) is 24.4 Å². The summed E-state index contributed by atoms with van der Waals surface area (Å²) in [6.07, 6.45) is 2.34. The fourth-order valence-electron chi connectivity index (χ4n) is 2.73. The Morgan fingerprint density at radius 1 is 1.37 bits per heavy atom. The van der Waals surface area contributed by atoms with Gasteiger partial charge in [-0.1, -0.05) is 13.0 Å². The second kappa shape index (κ2) is 9.22. The Hall–Kier alpha value is -2.81. The highest BCUT2D eigenvalue weighted by atomic mass is 16.2. The number of carbonyl (C=O) groups is 4. The van der Waals surface area contributed by atoms with Crippen LogP contribution in [-0.4, -0.2) is 64.7 Å². The molecule has 0 saturated carbocycles. The molecule has 2 heterocycles. The molecule has 9 heteroatoms. The van der Waals surface area contributed by atoms with Gasteiger partial charge in [-0.2, -0.15) is 0 Å². The zero-order chi connectivity index (χ0) is 20.0. The maximum absolute atomic E-state index is 12.6. The molecule has 0 aliphatic carbocycles. The van der Waals surface area contributed by atoms with Gasteiger partial charge in [-0.25, -0.2) is 5.01 Å². The zero-order valence-electron chi connectivity index (χ0n) is 15.6. The Morgan fingerprint density at radius 2 is 2.11 bits per heavy atom. The van der Waals surface area contributed by atoms with Crippen LogP contribution < -0.4 is 11.1 Å².